The zero-order valence-electron chi connectivity index (χ0n) is 13.0. The maximum atomic E-state index is 12.5. The van der Waals surface area contributed by atoms with Crippen molar-refractivity contribution < 1.29 is 19.3 Å². The summed E-state index contributed by atoms with van der Waals surface area (Å²) in [6, 6.07) is 0. The average Bonchev–Trinajstić information content (AvgIpc) is 2.94. The summed E-state index contributed by atoms with van der Waals surface area (Å²) in [7, 11) is 0. The first-order valence-corrected chi connectivity index (χ1v) is 8.16. The molecule has 1 unspecified atom stereocenters. The second kappa shape index (κ2) is 4.70. The second-order valence-corrected chi connectivity index (χ2v) is 6.60. The smallest absolute Gasteiger partial charge is 0.342 e. The lowest BCUT2D eigenvalue weighted by Gasteiger charge is -2.43. The van der Waals surface area contributed by atoms with Crippen molar-refractivity contribution in [3.8, 4) is 0 Å². The molecule has 6 atom stereocenters. The van der Waals surface area contributed by atoms with Crippen LogP contribution in [-0.4, -0.2) is 23.3 Å². The summed E-state index contributed by atoms with van der Waals surface area (Å²) >= 11 is 0. The fraction of sp³-hybridized carbons (Fsp3) is 0.938. The van der Waals surface area contributed by atoms with Crippen LogP contribution in [0.2, 0.25) is 0 Å². The lowest BCUT2D eigenvalue weighted by molar-refractivity contribution is -0.423. The van der Waals surface area contributed by atoms with Gasteiger partial charge in [-0.15, -0.1) is 0 Å². The molecule has 1 aliphatic carbocycles. The molecule has 3 rings (SSSR count). The number of esters is 1. The summed E-state index contributed by atoms with van der Waals surface area (Å²) in [5, 5.41) is 0. The third-order valence-electron chi connectivity index (χ3n) is 6.05. The third kappa shape index (κ3) is 1.52. The Morgan fingerprint density at radius 1 is 1.15 bits per heavy atom. The number of carbonyl (C=O) groups is 1. The minimum atomic E-state index is -0.865. The quantitative estimate of drug-likeness (QED) is 0.586. The lowest BCUT2D eigenvalue weighted by atomic mass is 9.69. The van der Waals surface area contributed by atoms with Crippen molar-refractivity contribution in [2.75, 3.05) is 0 Å². The number of ether oxygens (including phenoxy) is 1. The predicted octanol–water partition coefficient (Wildman–Crippen LogP) is 3.24. The first kappa shape index (κ1) is 14.3. The molecular formula is C16H26O4. The van der Waals surface area contributed by atoms with Gasteiger partial charge < -0.3 is 4.74 Å². The van der Waals surface area contributed by atoms with Gasteiger partial charge in [0.2, 0.25) is 5.60 Å². The first-order valence-electron chi connectivity index (χ1n) is 8.16. The predicted molar refractivity (Wildman–Crippen MR) is 73.8 cm³/mol. The highest BCUT2D eigenvalue weighted by Crippen LogP contribution is 2.63. The monoisotopic (exact) mass is 282 g/mol. The van der Waals surface area contributed by atoms with Crippen LogP contribution in [0.4, 0.5) is 0 Å². The Kier molecular flexibility index (Phi) is 3.37. The molecule has 3 fully saturated rings. The van der Waals surface area contributed by atoms with Gasteiger partial charge in [-0.2, -0.15) is 0 Å². The highest BCUT2D eigenvalue weighted by molar-refractivity contribution is 5.83. The van der Waals surface area contributed by atoms with Gasteiger partial charge in [-0.1, -0.05) is 34.1 Å². The van der Waals surface area contributed by atoms with Crippen molar-refractivity contribution in [2.24, 2.45) is 17.8 Å². The minimum Gasteiger partial charge on any atom is -0.456 e. The number of hydrogen-bond donors (Lipinski definition) is 0. The highest BCUT2D eigenvalue weighted by Gasteiger charge is 2.74. The molecule has 20 heavy (non-hydrogen) atoms. The Morgan fingerprint density at radius 3 is 2.45 bits per heavy atom. The molecule has 0 N–H and O–H groups in total. The lowest BCUT2D eigenvalue weighted by Crippen LogP contribution is -2.55. The Balaban J connectivity index is 2.08. The molecule has 3 aliphatic rings. The van der Waals surface area contributed by atoms with Gasteiger partial charge >= 0.3 is 5.97 Å². The Morgan fingerprint density at radius 2 is 1.90 bits per heavy atom. The van der Waals surface area contributed by atoms with E-state index in [2.05, 4.69) is 20.8 Å². The van der Waals surface area contributed by atoms with Gasteiger partial charge in [-0.05, 0) is 31.6 Å². The zero-order valence-corrected chi connectivity index (χ0v) is 13.0. The SMILES string of the molecule is CCC1OO[C@]2(CC)C(=O)O[C@]3(CC)C[C@@H](CC)[C@H]1[C@@H]32. The summed E-state index contributed by atoms with van der Waals surface area (Å²) < 4.78 is 5.91. The van der Waals surface area contributed by atoms with Crippen LogP contribution in [0.3, 0.4) is 0 Å². The largest absolute Gasteiger partial charge is 0.456 e. The van der Waals surface area contributed by atoms with E-state index in [1.807, 2.05) is 6.92 Å². The van der Waals surface area contributed by atoms with E-state index in [-0.39, 0.29) is 23.6 Å². The van der Waals surface area contributed by atoms with Gasteiger partial charge in [0.1, 0.15) is 5.60 Å². The van der Waals surface area contributed by atoms with E-state index < -0.39 is 5.60 Å². The Labute approximate surface area is 121 Å². The van der Waals surface area contributed by atoms with E-state index in [4.69, 9.17) is 14.5 Å². The molecule has 0 bridgehead atoms. The van der Waals surface area contributed by atoms with E-state index >= 15 is 0 Å². The standard InChI is InChI=1S/C16H26O4/c1-5-10-9-15(7-3)13-12(10)11(6-2)19-20-16(13,8-4)14(17)18-15/h10-13H,5-9H2,1-4H3/t10-,11?,12-,13+,15-,16+/m1/s1. The van der Waals surface area contributed by atoms with Crippen LogP contribution in [0.25, 0.3) is 0 Å². The van der Waals surface area contributed by atoms with Crippen molar-refractivity contribution in [3.63, 3.8) is 0 Å². The van der Waals surface area contributed by atoms with Crippen LogP contribution >= 0.6 is 0 Å². The third-order valence-corrected chi connectivity index (χ3v) is 6.05. The zero-order chi connectivity index (χ0) is 14.5. The van der Waals surface area contributed by atoms with Crippen molar-refractivity contribution in [2.45, 2.75) is 77.1 Å². The van der Waals surface area contributed by atoms with Crippen LogP contribution in [0.5, 0.6) is 0 Å². The molecule has 2 aliphatic heterocycles. The average molecular weight is 282 g/mol. The van der Waals surface area contributed by atoms with Crippen molar-refractivity contribution in [1.29, 1.82) is 0 Å². The van der Waals surface area contributed by atoms with Crippen LogP contribution < -0.4 is 0 Å². The molecule has 2 saturated heterocycles. The summed E-state index contributed by atoms with van der Waals surface area (Å²) in [6.45, 7) is 8.49. The Bertz CT molecular complexity index is 409. The fourth-order valence-corrected chi connectivity index (χ4v) is 5.00. The molecule has 0 spiro atoms. The molecule has 4 nitrogen and oxygen atoms in total. The second-order valence-electron chi connectivity index (χ2n) is 6.60. The fourth-order valence-electron chi connectivity index (χ4n) is 5.00. The molecule has 0 radical (unpaired) electrons. The van der Waals surface area contributed by atoms with Gasteiger partial charge in [0.15, 0.2) is 0 Å². The highest BCUT2D eigenvalue weighted by atomic mass is 17.2. The van der Waals surface area contributed by atoms with Gasteiger partial charge in [0, 0.05) is 11.8 Å². The minimum absolute atomic E-state index is 0.0903. The van der Waals surface area contributed by atoms with Crippen LogP contribution in [0, 0.1) is 17.8 Å². The van der Waals surface area contributed by atoms with Gasteiger partial charge in [-0.3, -0.25) is 0 Å². The summed E-state index contributed by atoms with van der Waals surface area (Å²) in [4.78, 5) is 23.8. The van der Waals surface area contributed by atoms with Crippen LogP contribution in [-0.2, 0) is 19.3 Å². The number of hydrogen-bond acceptors (Lipinski definition) is 4. The summed E-state index contributed by atoms with van der Waals surface area (Å²) in [6.07, 6.45) is 4.59. The maximum Gasteiger partial charge on any atom is 0.342 e. The van der Waals surface area contributed by atoms with Crippen LogP contribution in [0.15, 0.2) is 0 Å². The van der Waals surface area contributed by atoms with Crippen molar-refractivity contribution >= 4 is 5.97 Å². The number of rotatable bonds is 4. The molecule has 1 saturated carbocycles. The molecule has 0 amide bonds. The van der Waals surface area contributed by atoms with Crippen LogP contribution in [0.1, 0.15) is 59.8 Å². The van der Waals surface area contributed by atoms with Crippen molar-refractivity contribution in [3.05, 3.63) is 0 Å². The van der Waals surface area contributed by atoms with E-state index in [1.54, 1.807) is 0 Å². The molecule has 0 aromatic heterocycles. The molecular weight excluding hydrogens is 256 g/mol. The van der Waals surface area contributed by atoms with E-state index in [9.17, 15) is 4.79 Å². The maximum absolute atomic E-state index is 12.5. The molecule has 0 aromatic rings. The first-order chi connectivity index (χ1) is 9.58. The summed E-state index contributed by atoms with van der Waals surface area (Å²) in [5.74, 6) is 0.889. The van der Waals surface area contributed by atoms with E-state index in [0.717, 1.165) is 25.7 Å². The van der Waals surface area contributed by atoms with Gasteiger partial charge in [0.05, 0.1) is 6.10 Å². The van der Waals surface area contributed by atoms with Gasteiger partial charge in [-0.25, -0.2) is 14.6 Å². The van der Waals surface area contributed by atoms with Gasteiger partial charge in [0.25, 0.3) is 0 Å². The topological polar surface area (TPSA) is 44.8 Å². The molecule has 2 heterocycles. The Hall–Kier alpha value is -0.610. The molecule has 0 aromatic carbocycles. The summed E-state index contributed by atoms with van der Waals surface area (Å²) in [5.41, 5.74) is -1.19. The van der Waals surface area contributed by atoms with E-state index in [0.29, 0.717) is 18.3 Å². The molecule has 114 valence electrons. The normalized spacial score (nSPS) is 50.1. The number of carbonyl (C=O) groups excluding carboxylic acids is 1. The molecule has 4 heteroatoms. The van der Waals surface area contributed by atoms with Crippen molar-refractivity contribution in [1.82, 2.24) is 0 Å². The van der Waals surface area contributed by atoms with E-state index in [1.165, 1.54) is 0 Å².